The Bertz CT molecular complexity index is 637. The van der Waals surface area contributed by atoms with E-state index in [0.29, 0.717) is 5.56 Å². The van der Waals surface area contributed by atoms with Gasteiger partial charge in [-0.15, -0.1) is 0 Å². The lowest BCUT2D eigenvalue weighted by atomic mass is 10.2. The molecule has 22 heavy (non-hydrogen) atoms. The van der Waals surface area contributed by atoms with E-state index in [2.05, 4.69) is 10.6 Å². The minimum atomic E-state index is -0.125. The number of carbonyl (C=O) groups excluding carboxylic acids is 2. The zero-order valence-corrected chi connectivity index (χ0v) is 12.7. The molecule has 2 amide bonds. The lowest BCUT2D eigenvalue weighted by Crippen LogP contribution is -2.22. The molecule has 2 aromatic carbocycles. The van der Waals surface area contributed by atoms with Crippen LogP contribution in [-0.2, 0) is 4.79 Å². The second-order valence-electron chi connectivity index (χ2n) is 5.04. The van der Waals surface area contributed by atoms with Crippen molar-refractivity contribution < 1.29 is 9.59 Å². The predicted molar refractivity (Wildman–Crippen MR) is 88.0 cm³/mol. The number of nitrogens with one attached hydrogen (secondary N) is 2. The molecule has 0 heterocycles. The van der Waals surface area contributed by atoms with Gasteiger partial charge in [-0.3, -0.25) is 9.59 Å². The van der Waals surface area contributed by atoms with Crippen LogP contribution < -0.4 is 10.6 Å². The highest BCUT2D eigenvalue weighted by Gasteiger charge is 2.07. The topological polar surface area (TPSA) is 61.4 Å². The number of amides is 2. The van der Waals surface area contributed by atoms with Gasteiger partial charge in [-0.05, 0) is 36.4 Å². The van der Waals surface area contributed by atoms with E-state index in [1.165, 1.54) is 4.90 Å². The highest BCUT2D eigenvalue weighted by molar-refractivity contribution is 5.95. The molecule has 0 aliphatic rings. The molecule has 0 aromatic heterocycles. The second kappa shape index (κ2) is 7.26. The van der Waals surface area contributed by atoms with Crippen molar-refractivity contribution in [3.63, 3.8) is 0 Å². The maximum absolute atomic E-state index is 11.8. The molecule has 0 saturated heterocycles. The molecular formula is C17H19N3O2. The Hall–Kier alpha value is -2.82. The number of benzene rings is 2. The summed E-state index contributed by atoms with van der Waals surface area (Å²) < 4.78 is 0. The van der Waals surface area contributed by atoms with Crippen molar-refractivity contribution in [1.82, 2.24) is 4.90 Å². The maximum atomic E-state index is 11.8. The van der Waals surface area contributed by atoms with E-state index in [1.54, 1.807) is 38.4 Å². The smallest absolute Gasteiger partial charge is 0.253 e. The van der Waals surface area contributed by atoms with Gasteiger partial charge in [0.05, 0.1) is 6.54 Å². The third-order valence-electron chi connectivity index (χ3n) is 3.05. The summed E-state index contributed by atoms with van der Waals surface area (Å²) >= 11 is 0. The number of carbonyl (C=O) groups is 2. The van der Waals surface area contributed by atoms with E-state index in [9.17, 15) is 9.59 Å². The summed E-state index contributed by atoms with van der Waals surface area (Å²) in [5.41, 5.74) is 2.17. The predicted octanol–water partition coefficient (Wildman–Crippen LogP) is 2.44. The monoisotopic (exact) mass is 297 g/mol. The van der Waals surface area contributed by atoms with Crippen LogP contribution in [0.5, 0.6) is 0 Å². The van der Waals surface area contributed by atoms with Crippen LogP contribution >= 0.6 is 0 Å². The molecule has 0 radical (unpaired) electrons. The van der Waals surface area contributed by atoms with Crippen LogP contribution in [0.3, 0.4) is 0 Å². The van der Waals surface area contributed by atoms with Crippen molar-refractivity contribution >= 4 is 23.2 Å². The maximum Gasteiger partial charge on any atom is 0.253 e. The quantitative estimate of drug-likeness (QED) is 0.891. The highest BCUT2D eigenvalue weighted by atomic mass is 16.2. The first-order chi connectivity index (χ1) is 10.6. The van der Waals surface area contributed by atoms with Crippen molar-refractivity contribution in [2.75, 3.05) is 31.3 Å². The highest BCUT2D eigenvalue weighted by Crippen LogP contribution is 2.11. The van der Waals surface area contributed by atoms with Gasteiger partial charge in [0, 0.05) is 31.0 Å². The van der Waals surface area contributed by atoms with Crippen LogP contribution in [0.4, 0.5) is 11.4 Å². The van der Waals surface area contributed by atoms with Gasteiger partial charge in [-0.1, -0.05) is 18.2 Å². The molecule has 5 nitrogen and oxygen atoms in total. The molecule has 114 valence electrons. The van der Waals surface area contributed by atoms with Gasteiger partial charge >= 0.3 is 0 Å². The Kier molecular flexibility index (Phi) is 5.14. The zero-order valence-electron chi connectivity index (χ0n) is 12.7. The third-order valence-corrected chi connectivity index (χ3v) is 3.05. The first-order valence-corrected chi connectivity index (χ1v) is 6.97. The molecule has 2 aromatic rings. The molecular weight excluding hydrogens is 278 g/mol. The fraction of sp³-hybridized carbons (Fsp3) is 0.176. The first kappa shape index (κ1) is 15.6. The summed E-state index contributed by atoms with van der Waals surface area (Å²) in [6.07, 6.45) is 0. The lowest BCUT2D eigenvalue weighted by Gasteiger charge is -2.11. The van der Waals surface area contributed by atoms with E-state index in [0.717, 1.165) is 11.4 Å². The summed E-state index contributed by atoms with van der Waals surface area (Å²) in [6.45, 7) is 0.163. The molecule has 0 fully saturated rings. The summed E-state index contributed by atoms with van der Waals surface area (Å²) in [7, 11) is 3.42. The van der Waals surface area contributed by atoms with Crippen LogP contribution in [0.15, 0.2) is 54.6 Å². The van der Waals surface area contributed by atoms with Crippen molar-refractivity contribution in [1.29, 1.82) is 0 Å². The van der Waals surface area contributed by atoms with E-state index in [1.807, 2.05) is 30.3 Å². The average molecular weight is 297 g/mol. The summed E-state index contributed by atoms with van der Waals surface area (Å²) in [5.74, 6) is -0.173. The number of hydrogen-bond acceptors (Lipinski definition) is 3. The van der Waals surface area contributed by atoms with Crippen molar-refractivity contribution in [3.8, 4) is 0 Å². The molecule has 0 saturated carbocycles. The fourth-order valence-corrected chi connectivity index (χ4v) is 1.90. The molecule has 5 heteroatoms. The van der Waals surface area contributed by atoms with Gasteiger partial charge in [0.1, 0.15) is 0 Å². The standard InChI is InChI=1S/C17H19N3O2/c1-20(2)17(22)13-8-10-14(11-9-13)18-12-16(21)19-15-6-4-3-5-7-15/h3-11,18H,12H2,1-2H3,(H,19,21). The van der Waals surface area contributed by atoms with Gasteiger partial charge in [0.15, 0.2) is 0 Å². The largest absolute Gasteiger partial charge is 0.376 e. The SMILES string of the molecule is CN(C)C(=O)c1ccc(NCC(=O)Nc2ccccc2)cc1. The Morgan fingerprint density at radius 2 is 1.55 bits per heavy atom. The summed E-state index contributed by atoms with van der Waals surface area (Å²) in [5, 5.41) is 5.82. The van der Waals surface area contributed by atoms with Gasteiger partial charge in [-0.25, -0.2) is 0 Å². The van der Waals surface area contributed by atoms with Crippen LogP contribution in [0.2, 0.25) is 0 Å². The van der Waals surface area contributed by atoms with Crippen LogP contribution in [0, 0.1) is 0 Å². The fourth-order valence-electron chi connectivity index (χ4n) is 1.90. The number of anilines is 2. The molecule has 2 N–H and O–H groups in total. The molecule has 0 spiro atoms. The molecule has 0 bridgehead atoms. The van der Waals surface area contributed by atoms with E-state index < -0.39 is 0 Å². The lowest BCUT2D eigenvalue weighted by molar-refractivity contribution is -0.114. The summed E-state index contributed by atoms with van der Waals surface area (Å²) in [6, 6.07) is 16.3. The summed E-state index contributed by atoms with van der Waals surface area (Å²) in [4.78, 5) is 25.1. The number of para-hydroxylation sites is 1. The Morgan fingerprint density at radius 3 is 2.14 bits per heavy atom. The van der Waals surface area contributed by atoms with Crippen LogP contribution in [-0.4, -0.2) is 37.4 Å². The minimum absolute atomic E-state index is 0.0478. The zero-order chi connectivity index (χ0) is 15.9. The van der Waals surface area contributed by atoms with Crippen LogP contribution in [0.25, 0.3) is 0 Å². The Labute approximate surface area is 129 Å². The number of rotatable bonds is 5. The molecule has 0 unspecified atom stereocenters. The van der Waals surface area contributed by atoms with E-state index in [-0.39, 0.29) is 18.4 Å². The van der Waals surface area contributed by atoms with E-state index in [4.69, 9.17) is 0 Å². The number of nitrogens with zero attached hydrogens (tertiary/aromatic N) is 1. The average Bonchev–Trinajstić information content (AvgIpc) is 2.53. The van der Waals surface area contributed by atoms with Crippen molar-refractivity contribution in [3.05, 3.63) is 60.2 Å². The first-order valence-electron chi connectivity index (χ1n) is 6.97. The molecule has 0 aliphatic carbocycles. The molecule has 2 rings (SSSR count). The molecule has 0 atom stereocenters. The van der Waals surface area contributed by atoms with Gasteiger partial charge in [0.25, 0.3) is 5.91 Å². The van der Waals surface area contributed by atoms with Crippen molar-refractivity contribution in [2.24, 2.45) is 0 Å². The normalized spacial score (nSPS) is 9.91. The number of hydrogen-bond donors (Lipinski definition) is 2. The van der Waals surface area contributed by atoms with E-state index >= 15 is 0 Å². The second-order valence-corrected chi connectivity index (χ2v) is 5.04. The third kappa shape index (κ3) is 4.34. The van der Waals surface area contributed by atoms with Gasteiger partial charge < -0.3 is 15.5 Å². The minimum Gasteiger partial charge on any atom is -0.376 e. The Balaban J connectivity index is 1.86. The van der Waals surface area contributed by atoms with Gasteiger partial charge in [0.2, 0.25) is 5.91 Å². The van der Waals surface area contributed by atoms with Crippen LogP contribution in [0.1, 0.15) is 10.4 Å². The Morgan fingerprint density at radius 1 is 0.909 bits per heavy atom. The molecule has 0 aliphatic heterocycles. The van der Waals surface area contributed by atoms with Gasteiger partial charge in [-0.2, -0.15) is 0 Å². The van der Waals surface area contributed by atoms with Crippen molar-refractivity contribution in [2.45, 2.75) is 0 Å².